The molecule has 0 radical (unpaired) electrons. The number of benzene rings is 2. The van der Waals surface area contributed by atoms with Crippen LogP contribution in [0.1, 0.15) is 29.9 Å². The van der Waals surface area contributed by atoms with E-state index >= 15 is 0 Å². The predicted molar refractivity (Wildman–Crippen MR) is 110 cm³/mol. The van der Waals surface area contributed by atoms with Crippen molar-refractivity contribution in [2.75, 3.05) is 6.61 Å². The summed E-state index contributed by atoms with van der Waals surface area (Å²) >= 11 is 0. The number of amides is 1. The number of hydrogen-bond acceptors (Lipinski definition) is 6. The smallest absolute Gasteiger partial charge is 0.328 e. The lowest BCUT2D eigenvalue weighted by Crippen LogP contribution is -2.31. The van der Waals surface area contributed by atoms with Gasteiger partial charge in [-0.15, -0.1) is 0 Å². The highest BCUT2D eigenvalue weighted by Crippen LogP contribution is 2.24. The van der Waals surface area contributed by atoms with E-state index in [4.69, 9.17) is 4.74 Å². The maximum Gasteiger partial charge on any atom is 0.328 e. The van der Waals surface area contributed by atoms with Gasteiger partial charge < -0.3 is 10.1 Å². The zero-order valence-corrected chi connectivity index (χ0v) is 16.9. The van der Waals surface area contributed by atoms with Gasteiger partial charge in [-0.1, -0.05) is 42.5 Å². The largest absolute Gasteiger partial charge is 0.454 e. The molecule has 3 rings (SSSR count). The molecule has 0 spiro atoms. The second-order valence-corrected chi connectivity index (χ2v) is 6.95. The average molecular weight is 410 g/mol. The van der Waals surface area contributed by atoms with Gasteiger partial charge in [-0.05, 0) is 37.1 Å². The van der Waals surface area contributed by atoms with Crippen LogP contribution in [0.3, 0.4) is 0 Å². The van der Waals surface area contributed by atoms with E-state index in [1.54, 1.807) is 0 Å². The van der Waals surface area contributed by atoms with Crippen molar-refractivity contribution in [2.24, 2.45) is 0 Å². The van der Waals surface area contributed by atoms with Crippen LogP contribution in [0.5, 0.6) is 0 Å². The third-order valence-electron chi connectivity index (χ3n) is 4.84. The molecule has 0 aliphatic heterocycles. The Kier molecular flexibility index (Phi) is 6.10. The molecule has 9 heteroatoms. The number of rotatable bonds is 7. The van der Waals surface area contributed by atoms with E-state index in [1.807, 2.05) is 49.4 Å². The lowest BCUT2D eigenvalue weighted by atomic mass is 10.00. The minimum Gasteiger partial charge on any atom is -0.454 e. The molecule has 30 heavy (non-hydrogen) atoms. The molecule has 1 aromatic heterocycles. The van der Waals surface area contributed by atoms with Crippen molar-refractivity contribution >= 4 is 28.3 Å². The van der Waals surface area contributed by atoms with E-state index in [-0.39, 0.29) is 29.7 Å². The second kappa shape index (κ2) is 8.73. The van der Waals surface area contributed by atoms with E-state index in [0.29, 0.717) is 0 Å². The number of carbonyl (C=O) groups is 2. The number of carbonyl (C=O) groups excluding carboxylic acids is 2. The Morgan fingerprint density at radius 2 is 1.90 bits per heavy atom. The molecule has 0 bridgehead atoms. The molecular formula is C21H22N4O5. The van der Waals surface area contributed by atoms with Crippen LogP contribution >= 0.6 is 0 Å². The standard InChI is InChI=1S/C21H22N4O5/c1-13(17-10-6-8-16-7-4-5-9-18(16)17)22-19(26)12-30-20(27)11-24-15(3)21(25(28)29)14(2)23-24/h4-10,13H,11-12H2,1-3H3,(H,22,26)/t13-/m1/s1. The lowest BCUT2D eigenvalue weighted by molar-refractivity contribution is -0.386. The SMILES string of the molecule is Cc1nn(CC(=O)OCC(=O)N[C@H](C)c2cccc3ccccc23)c(C)c1[N+](=O)[O-]. The Bertz CT molecular complexity index is 1120. The van der Waals surface area contributed by atoms with Gasteiger partial charge in [0.2, 0.25) is 0 Å². The first kappa shape index (κ1) is 21.0. The van der Waals surface area contributed by atoms with Crippen LogP contribution in [0.2, 0.25) is 0 Å². The topological polar surface area (TPSA) is 116 Å². The van der Waals surface area contributed by atoms with E-state index < -0.39 is 23.4 Å². The summed E-state index contributed by atoms with van der Waals surface area (Å²) in [5.41, 5.74) is 1.29. The fraction of sp³-hybridized carbons (Fsp3) is 0.286. The zero-order valence-electron chi connectivity index (χ0n) is 16.9. The number of aryl methyl sites for hydroxylation is 1. The van der Waals surface area contributed by atoms with Crippen LogP contribution in [0, 0.1) is 24.0 Å². The number of ether oxygens (including phenoxy) is 1. The van der Waals surface area contributed by atoms with Gasteiger partial charge in [0.25, 0.3) is 5.91 Å². The Balaban J connectivity index is 1.57. The van der Waals surface area contributed by atoms with Crippen molar-refractivity contribution in [3.63, 3.8) is 0 Å². The van der Waals surface area contributed by atoms with Crippen LogP contribution in [-0.4, -0.2) is 33.2 Å². The number of nitro groups is 1. The van der Waals surface area contributed by atoms with Gasteiger partial charge in [0.1, 0.15) is 17.9 Å². The minimum atomic E-state index is -0.705. The molecule has 1 atom stereocenters. The van der Waals surface area contributed by atoms with E-state index in [9.17, 15) is 19.7 Å². The van der Waals surface area contributed by atoms with Crippen molar-refractivity contribution in [1.82, 2.24) is 15.1 Å². The number of aromatic nitrogens is 2. The fourth-order valence-electron chi connectivity index (χ4n) is 3.41. The normalized spacial score (nSPS) is 11.8. The molecule has 1 heterocycles. The Morgan fingerprint density at radius 3 is 2.60 bits per heavy atom. The Hall–Kier alpha value is -3.75. The molecule has 1 N–H and O–H groups in total. The molecular weight excluding hydrogens is 388 g/mol. The molecule has 0 aliphatic carbocycles. The third-order valence-corrected chi connectivity index (χ3v) is 4.84. The van der Waals surface area contributed by atoms with Crippen LogP contribution in [0.15, 0.2) is 42.5 Å². The zero-order chi connectivity index (χ0) is 21.8. The maximum absolute atomic E-state index is 12.2. The number of nitrogens with zero attached hydrogens (tertiary/aromatic N) is 3. The third kappa shape index (κ3) is 4.45. The summed E-state index contributed by atoms with van der Waals surface area (Å²) < 4.78 is 6.22. The molecule has 0 unspecified atom stereocenters. The first-order valence-electron chi connectivity index (χ1n) is 9.39. The monoisotopic (exact) mass is 410 g/mol. The Labute approximate surface area is 172 Å². The van der Waals surface area contributed by atoms with Crippen molar-refractivity contribution in [3.8, 4) is 0 Å². The molecule has 0 fully saturated rings. The van der Waals surface area contributed by atoms with Crippen molar-refractivity contribution in [1.29, 1.82) is 0 Å². The quantitative estimate of drug-likeness (QED) is 0.364. The highest BCUT2D eigenvalue weighted by Gasteiger charge is 2.23. The summed E-state index contributed by atoms with van der Waals surface area (Å²) in [6, 6.07) is 13.5. The van der Waals surface area contributed by atoms with Gasteiger partial charge in [0.15, 0.2) is 6.61 Å². The molecule has 1 amide bonds. The van der Waals surface area contributed by atoms with Gasteiger partial charge in [-0.2, -0.15) is 5.10 Å². The maximum atomic E-state index is 12.2. The van der Waals surface area contributed by atoms with Crippen LogP contribution in [-0.2, 0) is 20.9 Å². The number of hydrogen-bond donors (Lipinski definition) is 1. The summed E-state index contributed by atoms with van der Waals surface area (Å²) in [5.74, 6) is -1.15. The predicted octanol–water partition coefficient (Wildman–Crippen LogP) is 2.98. The Morgan fingerprint density at radius 1 is 1.20 bits per heavy atom. The van der Waals surface area contributed by atoms with Crippen LogP contribution in [0.4, 0.5) is 5.69 Å². The summed E-state index contributed by atoms with van der Waals surface area (Å²) in [4.78, 5) is 34.8. The number of nitrogens with one attached hydrogen (secondary N) is 1. The van der Waals surface area contributed by atoms with E-state index in [2.05, 4.69) is 10.4 Å². The molecule has 0 saturated carbocycles. The van der Waals surface area contributed by atoms with Gasteiger partial charge in [-0.25, -0.2) is 0 Å². The van der Waals surface area contributed by atoms with Crippen molar-refractivity contribution < 1.29 is 19.2 Å². The molecule has 0 saturated heterocycles. The van der Waals surface area contributed by atoms with Crippen molar-refractivity contribution in [3.05, 3.63) is 69.5 Å². The lowest BCUT2D eigenvalue weighted by Gasteiger charge is -2.16. The first-order chi connectivity index (χ1) is 14.3. The second-order valence-electron chi connectivity index (χ2n) is 6.95. The highest BCUT2D eigenvalue weighted by atomic mass is 16.6. The summed E-state index contributed by atoms with van der Waals surface area (Å²) in [6.07, 6.45) is 0. The van der Waals surface area contributed by atoms with Crippen LogP contribution < -0.4 is 5.32 Å². The van der Waals surface area contributed by atoms with Gasteiger partial charge >= 0.3 is 11.7 Å². The molecule has 0 aliphatic rings. The van der Waals surface area contributed by atoms with Gasteiger partial charge in [-0.3, -0.25) is 24.4 Å². The fourth-order valence-corrected chi connectivity index (χ4v) is 3.41. The molecule has 2 aromatic carbocycles. The summed E-state index contributed by atoms with van der Waals surface area (Å²) in [7, 11) is 0. The molecule has 9 nitrogen and oxygen atoms in total. The minimum absolute atomic E-state index is 0.135. The van der Waals surface area contributed by atoms with Crippen LogP contribution in [0.25, 0.3) is 10.8 Å². The first-order valence-corrected chi connectivity index (χ1v) is 9.39. The van der Waals surface area contributed by atoms with E-state index in [1.165, 1.54) is 18.5 Å². The highest BCUT2D eigenvalue weighted by molar-refractivity contribution is 5.87. The molecule has 3 aromatic rings. The van der Waals surface area contributed by atoms with Gasteiger partial charge in [0, 0.05) is 0 Å². The van der Waals surface area contributed by atoms with Gasteiger partial charge in [0.05, 0.1) is 11.0 Å². The molecule has 156 valence electrons. The number of esters is 1. The number of fused-ring (bicyclic) bond motifs is 1. The average Bonchev–Trinajstić information content (AvgIpc) is 2.98. The van der Waals surface area contributed by atoms with E-state index in [0.717, 1.165) is 16.3 Å². The summed E-state index contributed by atoms with van der Waals surface area (Å²) in [5, 5.41) is 20.0. The summed E-state index contributed by atoms with van der Waals surface area (Å²) in [6.45, 7) is 4.09. The van der Waals surface area contributed by atoms with Crippen molar-refractivity contribution in [2.45, 2.75) is 33.4 Å².